The molecular formula is C15H23ClIN3O. The van der Waals surface area contributed by atoms with Gasteiger partial charge < -0.3 is 15.4 Å². The quantitative estimate of drug-likeness (QED) is 0.419. The molecule has 0 radical (unpaired) electrons. The summed E-state index contributed by atoms with van der Waals surface area (Å²) in [5.41, 5.74) is 0. The Morgan fingerprint density at radius 2 is 2.19 bits per heavy atom. The first-order valence-electron chi connectivity index (χ1n) is 7.04. The van der Waals surface area contributed by atoms with E-state index in [-0.39, 0.29) is 30.1 Å². The van der Waals surface area contributed by atoms with E-state index in [4.69, 9.17) is 16.3 Å². The van der Waals surface area contributed by atoms with Crippen molar-refractivity contribution >= 4 is 41.5 Å². The molecular weight excluding hydrogens is 401 g/mol. The zero-order chi connectivity index (χ0) is 14.4. The van der Waals surface area contributed by atoms with Gasteiger partial charge in [0.05, 0.1) is 6.54 Å². The highest BCUT2D eigenvalue weighted by Gasteiger charge is 2.21. The minimum absolute atomic E-state index is 0. The minimum Gasteiger partial charge on any atom is -0.489 e. The Morgan fingerprint density at radius 3 is 2.81 bits per heavy atom. The van der Waals surface area contributed by atoms with Crippen LogP contribution < -0.4 is 15.4 Å². The highest BCUT2D eigenvalue weighted by molar-refractivity contribution is 14.0. The fourth-order valence-corrected chi connectivity index (χ4v) is 2.02. The Balaban J connectivity index is 0.00000220. The van der Waals surface area contributed by atoms with Gasteiger partial charge in [0.25, 0.3) is 0 Å². The number of nitrogens with zero attached hydrogens (tertiary/aromatic N) is 1. The van der Waals surface area contributed by atoms with Crippen molar-refractivity contribution in [3.8, 4) is 5.75 Å². The summed E-state index contributed by atoms with van der Waals surface area (Å²) in [6, 6.07) is 7.44. The van der Waals surface area contributed by atoms with E-state index in [1.165, 1.54) is 12.8 Å². The summed E-state index contributed by atoms with van der Waals surface area (Å²) in [7, 11) is 1.78. The molecule has 1 aromatic rings. The fourth-order valence-electron chi connectivity index (χ4n) is 1.84. The van der Waals surface area contributed by atoms with E-state index in [1.807, 2.05) is 31.2 Å². The molecule has 0 aliphatic heterocycles. The molecule has 4 nitrogen and oxygen atoms in total. The zero-order valence-corrected chi connectivity index (χ0v) is 15.5. The van der Waals surface area contributed by atoms with Gasteiger partial charge in [0, 0.05) is 18.6 Å². The molecule has 1 unspecified atom stereocenters. The van der Waals surface area contributed by atoms with Crippen LogP contribution in [0.4, 0.5) is 0 Å². The molecule has 0 heterocycles. The van der Waals surface area contributed by atoms with Gasteiger partial charge in [0.1, 0.15) is 11.9 Å². The van der Waals surface area contributed by atoms with E-state index in [1.54, 1.807) is 7.05 Å². The maximum absolute atomic E-state index is 5.93. The molecule has 6 heteroatoms. The van der Waals surface area contributed by atoms with Gasteiger partial charge in [-0.1, -0.05) is 17.7 Å². The first kappa shape index (κ1) is 18.4. The number of aliphatic imine (C=N–C) groups is 1. The van der Waals surface area contributed by atoms with Crippen LogP contribution >= 0.6 is 35.6 Å². The number of ether oxygens (including phenoxy) is 1. The monoisotopic (exact) mass is 423 g/mol. The Bertz CT molecular complexity index is 466. The van der Waals surface area contributed by atoms with E-state index >= 15 is 0 Å². The van der Waals surface area contributed by atoms with Gasteiger partial charge >= 0.3 is 0 Å². The van der Waals surface area contributed by atoms with Crippen LogP contribution in [0.3, 0.4) is 0 Å². The van der Waals surface area contributed by atoms with E-state index in [0.29, 0.717) is 11.6 Å². The lowest BCUT2D eigenvalue weighted by molar-refractivity contribution is 0.224. The molecule has 0 saturated heterocycles. The normalized spacial score (nSPS) is 15.9. The average Bonchev–Trinajstić information content (AvgIpc) is 3.23. The molecule has 1 atom stereocenters. The summed E-state index contributed by atoms with van der Waals surface area (Å²) in [5, 5.41) is 7.27. The number of nitrogens with one attached hydrogen (secondary N) is 2. The van der Waals surface area contributed by atoms with Gasteiger partial charge in [-0.05, 0) is 43.9 Å². The second-order valence-electron chi connectivity index (χ2n) is 5.16. The standard InChI is InChI=1S/C15H22ClN3O.HI/c1-11(20-14-5-3-4-13(16)8-14)9-18-15(17-2)19-10-12-6-7-12;/h3-5,8,11-12H,6-7,9-10H2,1-2H3,(H2,17,18,19);1H. The number of hydrogen-bond acceptors (Lipinski definition) is 2. The van der Waals surface area contributed by atoms with Crippen LogP contribution in [0.5, 0.6) is 5.75 Å². The number of rotatable bonds is 6. The highest BCUT2D eigenvalue weighted by Crippen LogP contribution is 2.27. The largest absolute Gasteiger partial charge is 0.489 e. The molecule has 0 aromatic heterocycles. The molecule has 1 aromatic carbocycles. The predicted molar refractivity (Wildman–Crippen MR) is 99.0 cm³/mol. The summed E-state index contributed by atoms with van der Waals surface area (Å²) < 4.78 is 5.80. The zero-order valence-electron chi connectivity index (χ0n) is 12.4. The van der Waals surface area contributed by atoms with Gasteiger partial charge in [0.15, 0.2) is 5.96 Å². The molecule has 2 N–H and O–H groups in total. The lowest BCUT2D eigenvalue weighted by Gasteiger charge is -2.17. The van der Waals surface area contributed by atoms with Crippen LogP contribution in [0.15, 0.2) is 29.3 Å². The van der Waals surface area contributed by atoms with E-state index < -0.39 is 0 Å². The van der Waals surface area contributed by atoms with E-state index in [9.17, 15) is 0 Å². The number of guanidine groups is 1. The maximum atomic E-state index is 5.93. The SMILES string of the molecule is CN=C(NCC1CC1)NCC(C)Oc1cccc(Cl)c1.I. The molecule has 1 fully saturated rings. The first-order valence-corrected chi connectivity index (χ1v) is 7.42. The van der Waals surface area contributed by atoms with E-state index in [0.717, 1.165) is 24.2 Å². The van der Waals surface area contributed by atoms with Crippen LogP contribution in [-0.2, 0) is 0 Å². The van der Waals surface area contributed by atoms with Crippen molar-refractivity contribution in [3.05, 3.63) is 29.3 Å². The summed E-state index contributed by atoms with van der Waals surface area (Å²) in [6.45, 7) is 3.71. The van der Waals surface area contributed by atoms with Gasteiger partial charge in [-0.25, -0.2) is 0 Å². The molecule has 0 spiro atoms. The third-order valence-electron chi connectivity index (χ3n) is 3.17. The Kier molecular flexibility index (Phi) is 8.18. The lowest BCUT2D eigenvalue weighted by atomic mass is 10.3. The Hall–Kier alpha value is -0.690. The summed E-state index contributed by atoms with van der Waals surface area (Å²) in [6.07, 6.45) is 2.70. The van der Waals surface area contributed by atoms with Crippen LogP contribution in [-0.4, -0.2) is 32.2 Å². The fraction of sp³-hybridized carbons (Fsp3) is 0.533. The van der Waals surface area contributed by atoms with Gasteiger partial charge in [-0.15, -0.1) is 24.0 Å². The average molecular weight is 424 g/mol. The summed E-state index contributed by atoms with van der Waals surface area (Å²) in [5.74, 6) is 2.44. The molecule has 21 heavy (non-hydrogen) atoms. The Labute approximate surface area is 148 Å². The smallest absolute Gasteiger partial charge is 0.191 e. The van der Waals surface area contributed by atoms with Crippen LogP contribution in [0.1, 0.15) is 19.8 Å². The van der Waals surface area contributed by atoms with Crippen molar-refractivity contribution in [3.63, 3.8) is 0 Å². The summed E-state index contributed by atoms with van der Waals surface area (Å²) >= 11 is 5.93. The second-order valence-corrected chi connectivity index (χ2v) is 5.60. The molecule has 1 aliphatic carbocycles. The molecule has 0 bridgehead atoms. The second kappa shape index (κ2) is 9.35. The lowest BCUT2D eigenvalue weighted by Crippen LogP contribution is -2.42. The Morgan fingerprint density at radius 1 is 1.43 bits per heavy atom. The van der Waals surface area contributed by atoms with Gasteiger partial charge in [-0.2, -0.15) is 0 Å². The number of benzene rings is 1. The molecule has 118 valence electrons. The van der Waals surface area contributed by atoms with Crippen LogP contribution in [0.25, 0.3) is 0 Å². The van der Waals surface area contributed by atoms with E-state index in [2.05, 4.69) is 15.6 Å². The number of halogens is 2. The molecule has 1 saturated carbocycles. The first-order chi connectivity index (χ1) is 9.67. The van der Waals surface area contributed by atoms with Gasteiger partial charge in [0.2, 0.25) is 0 Å². The maximum Gasteiger partial charge on any atom is 0.191 e. The summed E-state index contributed by atoms with van der Waals surface area (Å²) in [4.78, 5) is 4.20. The van der Waals surface area contributed by atoms with Gasteiger partial charge in [-0.3, -0.25) is 4.99 Å². The molecule has 2 rings (SSSR count). The van der Waals surface area contributed by atoms with Crippen LogP contribution in [0.2, 0.25) is 5.02 Å². The van der Waals surface area contributed by atoms with Crippen molar-refractivity contribution in [2.75, 3.05) is 20.1 Å². The van der Waals surface area contributed by atoms with Crippen molar-refractivity contribution in [2.45, 2.75) is 25.9 Å². The van der Waals surface area contributed by atoms with Crippen molar-refractivity contribution in [1.29, 1.82) is 0 Å². The minimum atomic E-state index is 0. The predicted octanol–water partition coefficient (Wildman–Crippen LogP) is 3.30. The van der Waals surface area contributed by atoms with Crippen molar-refractivity contribution in [2.24, 2.45) is 10.9 Å². The van der Waals surface area contributed by atoms with Crippen LogP contribution in [0, 0.1) is 5.92 Å². The van der Waals surface area contributed by atoms with Crippen molar-refractivity contribution in [1.82, 2.24) is 10.6 Å². The third-order valence-corrected chi connectivity index (χ3v) is 3.40. The highest BCUT2D eigenvalue weighted by atomic mass is 127. The third kappa shape index (κ3) is 7.22. The molecule has 1 aliphatic rings. The number of hydrogen-bond donors (Lipinski definition) is 2. The molecule has 0 amide bonds. The van der Waals surface area contributed by atoms with Crippen molar-refractivity contribution < 1.29 is 4.74 Å². The topological polar surface area (TPSA) is 45.7 Å².